The molecule has 0 aliphatic heterocycles. The summed E-state index contributed by atoms with van der Waals surface area (Å²) in [6.45, 7) is 1.73. The van der Waals surface area contributed by atoms with Crippen molar-refractivity contribution >= 4 is 17.2 Å². The number of aliphatic hydroxyl groups is 5. The summed E-state index contributed by atoms with van der Waals surface area (Å²) >= 11 is 0. The number of allylic oxidation sites excluding steroid dienone is 5. The molecule has 2 aliphatic rings. The molecule has 1 atom stereocenters. The highest BCUT2D eigenvalue weighted by Crippen LogP contribution is 2.38. The first kappa shape index (κ1) is 20.7. The predicted molar refractivity (Wildman–Crippen MR) is 116 cm³/mol. The Morgan fingerprint density at radius 2 is 1.80 bits per heavy atom. The topological polar surface area (TPSA) is 101 Å². The number of hydrogen-bond acceptors (Lipinski definition) is 5. The quantitative estimate of drug-likeness (QED) is 0.475. The summed E-state index contributed by atoms with van der Waals surface area (Å²) in [6, 6.07) is 11.6. The smallest absolute Gasteiger partial charge is 0.304 e. The molecular formula is C25H26O5. The molecule has 0 aromatic heterocycles. The van der Waals surface area contributed by atoms with Crippen LogP contribution in [0.5, 0.6) is 0 Å². The lowest BCUT2D eigenvalue weighted by molar-refractivity contribution is -0.324. The number of rotatable bonds is 6. The molecule has 0 fully saturated rings. The van der Waals surface area contributed by atoms with Crippen molar-refractivity contribution in [2.24, 2.45) is 0 Å². The van der Waals surface area contributed by atoms with E-state index in [1.165, 1.54) is 22.8 Å². The second-order valence-electron chi connectivity index (χ2n) is 8.07. The van der Waals surface area contributed by atoms with Crippen molar-refractivity contribution < 1.29 is 25.5 Å². The van der Waals surface area contributed by atoms with Gasteiger partial charge in [0.25, 0.3) is 0 Å². The molecule has 0 saturated carbocycles. The van der Waals surface area contributed by atoms with Gasteiger partial charge < -0.3 is 25.5 Å². The minimum absolute atomic E-state index is 0.0720. The molecule has 2 aromatic rings. The van der Waals surface area contributed by atoms with Crippen molar-refractivity contribution in [3.05, 3.63) is 88.0 Å². The first-order valence-corrected chi connectivity index (χ1v) is 10.1. The van der Waals surface area contributed by atoms with E-state index < -0.39 is 12.3 Å². The number of fused-ring (bicyclic) bond motifs is 1. The fourth-order valence-corrected chi connectivity index (χ4v) is 4.31. The zero-order chi connectivity index (χ0) is 21.5. The summed E-state index contributed by atoms with van der Waals surface area (Å²) in [7, 11) is 0. The lowest BCUT2D eigenvalue weighted by Gasteiger charge is -2.17. The van der Waals surface area contributed by atoms with Gasteiger partial charge in [0.2, 0.25) is 0 Å². The van der Waals surface area contributed by atoms with E-state index in [0.29, 0.717) is 18.4 Å². The Balaban J connectivity index is 1.53. The van der Waals surface area contributed by atoms with Gasteiger partial charge in [-0.1, -0.05) is 54.6 Å². The van der Waals surface area contributed by atoms with Crippen LogP contribution in [-0.2, 0) is 5.97 Å². The van der Waals surface area contributed by atoms with Crippen LogP contribution < -0.4 is 0 Å². The second-order valence-corrected chi connectivity index (χ2v) is 8.07. The van der Waals surface area contributed by atoms with Crippen molar-refractivity contribution in [2.75, 3.05) is 0 Å². The van der Waals surface area contributed by atoms with E-state index in [-0.39, 0.29) is 11.5 Å². The van der Waals surface area contributed by atoms with Gasteiger partial charge in [-0.15, -0.1) is 0 Å². The molecule has 5 heteroatoms. The molecule has 2 aromatic carbocycles. The molecule has 5 nitrogen and oxygen atoms in total. The molecule has 0 radical (unpaired) electrons. The molecule has 5 N–H and O–H groups in total. The van der Waals surface area contributed by atoms with Crippen molar-refractivity contribution in [3.63, 3.8) is 0 Å². The third-order valence-electron chi connectivity index (χ3n) is 5.89. The molecule has 2 aliphatic carbocycles. The van der Waals surface area contributed by atoms with E-state index in [1.54, 1.807) is 13.0 Å². The highest BCUT2D eigenvalue weighted by molar-refractivity contribution is 5.90. The number of benzene rings is 2. The third kappa shape index (κ3) is 4.17. The second kappa shape index (κ2) is 7.95. The largest absolute Gasteiger partial charge is 0.368 e. The van der Waals surface area contributed by atoms with Crippen LogP contribution in [0, 0.1) is 6.92 Å². The monoisotopic (exact) mass is 406 g/mol. The molecule has 0 saturated heterocycles. The summed E-state index contributed by atoms with van der Waals surface area (Å²) < 4.78 is 0. The van der Waals surface area contributed by atoms with Crippen LogP contribution >= 0.6 is 0 Å². The Kier molecular flexibility index (Phi) is 5.49. The summed E-state index contributed by atoms with van der Waals surface area (Å²) in [5, 5.41) is 46.5. The Hall–Kier alpha value is -2.54. The summed E-state index contributed by atoms with van der Waals surface area (Å²) in [5.74, 6) is -2.61. The molecule has 30 heavy (non-hydrogen) atoms. The van der Waals surface area contributed by atoms with Crippen molar-refractivity contribution in [1.82, 2.24) is 0 Å². The van der Waals surface area contributed by atoms with Crippen molar-refractivity contribution in [1.29, 1.82) is 0 Å². The lowest BCUT2D eigenvalue weighted by Crippen LogP contribution is -2.24. The highest BCUT2D eigenvalue weighted by atomic mass is 16.7. The van der Waals surface area contributed by atoms with Gasteiger partial charge >= 0.3 is 5.97 Å². The molecule has 0 bridgehead atoms. The van der Waals surface area contributed by atoms with Crippen LogP contribution in [0.25, 0.3) is 17.2 Å². The summed E-state index contributed by atoms with van der Waals surface area (Å²) in [4.78, 5) is 0. The van der Waals surface area contributed by atoms with E-state index in [9.17, 15) is 15.3 Å². The fraction of sp³-hybridized carbons (Fsp3) is 0.280. The van der Waals surface area contributed by atoms with E-state index in [4.69, 9.17) is 10.2 Å². The van der Waals surface area contributed by atoms with E-state index in [1.807, 2.05) is 6.07 Å². The molecule has 156 valence electrons. The van der Waals surface area contributed by atoms with Gasteiger partial charge in [0.05, 0.1) is 0 Å². The van der Waals surface area contributed by atoms with Gasteiger partial charge in [-0.2, -0.15) is 0 Å². The van der Waals surface area contributed by atoms with Gasteiger partial charge in [0, 0.05) is 11.5 Å². The number of hydrogen-bond donors (Lipinski definition) is 5. The Bertz CT molecular complexity index is 1050. The molecule has 0 heterocycles. The summed E-state index contributed by atoms with van der Waals surface area (Å²) in [5.41, 5.74) is 7.44. The number of aliphatic hydroxyl groups excluding tert-OH is 1. The van der Waals surface area contributed by atoms with E-state index >= 15 is 0 Å². The molecule has 0 spiro atoms. The minimum atomic E-state index is -2.83. The van der Waals surface area contributed by atoms with Gasteiger partial charge in [-0.05, 0) is 71.2 Å². The zero-order valence-electron chi connectivity index (χ0n) is 16.8. The lowest BCUT2D eigenvalue weighted by atomic mass is 9.93. The van der Waals surface area contributed by atoms with Gasteiger partial charge in [0.15, 0.2) is 6.29 Å². The average molecular weight is 406 g/mol. The van der Waals surface area contributed by atoms with Crippen LogP contribution in [0.15, 0.2) is 54.6 Å². The predicted octanol–water partition coefficient (Wildman–Crippen LogP) is 3.15. The Morgan fingerprint density at radius 1 is 1.03 bits per heavy atom. The fourth-order valence-electron chi connectivity index (χ4n) is 4.31. The van der Waals surface area contributed by atoms with Crippen LogP contribution in [-0.4, -0.2) is 31.8 Å². The molecular weight excluding hydrogens is 380 g/mol. The number of aryl methyl sites for hydroxylation is 1. The first-order valence-electron chi connectivity index (χ1n) is 10.1. The van der Waals surface area contributed by atoms with E-state index in [0.717, 1.165) is 23.1 Å². The van der Waals surface area contributed by atoms with Crippen LogP contribution in [0.4, 0.5) is 0 Å². The standard InChI is InChI=1S/C25H26O5/c1-15-12-17(7-10-23(15)25(28,29)30)18-3-4-19(13-18)20-6-9-22-16(8-11-24(26)27)2-5-21(22)14-20/h2-3,5-7,9-10,12-14,16,24,26-30H,4,8,11H2,1H3. The maximum atomic E-state index is 9.43. The maximum Gasteiger partial charge on any atom is 0.304 e. The Morgan fingerprint density at radius 3 is 2.50 bits per heavy atom. The maximum absolute atomic E-state index is 9.43. The molecule has 1 unspecified atom stereocenters. The van der Waals surface area contributed by atoms with Crippen LogP contribution in [0.2, 0.25) is 0 Å². The first-order chi connectivity index (χ1) is 14.2. The van der Waals surface area contributed by atoms with Gasteiger partial charge in [-0.3, -0.25) is 0 Å². The molecule has 0 amide bonds. The van der Waals surface area contributed by atoms with Crippen LogP contribution in [0.3, 0.4) is 0 Å². The minimum Gasteiger partial charge on any atom is -0.368 e. The SMILES string of the molecule is Cc1cc(C2=CCC(c3ccc4c(c3)C=CC4CCC(O)O)=C2)ccc1C(O)(O)O. The van der Waals surface area contributed by atoms with Crippen LogP contribution in [0.1, 0.15) is 58.6 Å². The molecule has 4 rings (SSSR count). The summed E-state index contributed by atoms with van der Waals surface area (Å²) in [6.07, 6.45) is 9.11. The van der Waals surface area contributed by atoms with Gasteiger partial charge in [-0.25, -0.2) is 0 Å². The highest BCUT2D eigenvalue weighted by Gasteiger charge is 2.24. The average Bonchev–Trinajstić information content (AvgIpc) is 3.32. The normalized spacial score (nSPS) is 18.0. The zero-order valence-corrected chi connectivity index (χ0v) is 16.8. The van der Waals surface area contributed by atoms with Crippen molar-refractivity contribution in [2.45, 2.75) is 44.4 Å². The van der Waals surface area contributed by atoms with Gasteiger partial charge in [0.1, 0.15) is 0 Å². The van der Waals surface area contributed by atoms with E-state index in [2.05, 4.69) is 42.5 Å². The van der Waals surface area contributed by atoms with Crippen molar-refractivity contribution in [3.8, 4) is 0 Å². The Labute approximate surface area is 175 Å². The third-order valence-corrected chi connectivity index (χ3v) is 5.89.